The third-order valence-corrected chi connectivity index (χ3v) is 1.97. The van der Waals surface area contributed by atoms with Crippen molar-refractivity contribution in [3.63, 3.8) is 0 Å². The van der Waals surface area contributed by atoms with Gasteiger partial charge in [0.15, 0.2) is 0 Å². The molecule has 0 aliphatic heterocycles. The van der Waals surface area contributed by atoms with Crippen LogP contribution in [0.1, 0.15) is 19.8 Å². The second kappa shape index (κ2) is 11.3. The van der Waals surface area contributed by atoms with Crippen LogP contribution in [0.2, 0.25) is 0 Å². The summed E-state index contributed by atoms with van der Waals surface area (Å²) in [5, 5.41) is 16.0. The Balaban J connectivity index is 3.39. The maximum atomic E-state index is 11.2. The summed E-state index contributed by atoms with van der Waals surface area (Å²) in [5.41, 5.74) is 0. The van der Waals surface area contributed by atoms with E-state index in [1.807, 2.05) is 6.92 Å². The SMILES string of the molecule is CCCNC(=O)CCNC(=O)NCCOCC(=O)O. The molecule has 0 rings (SSSR count). The fraction of sp³-hybridized carbons (Fsp3) is 0.727. The maximum absolute atomic E-state index is 11.2. The first kappa shape index (κ1) is 17.2. The van der Waals surface area contributed by atoms with Gasteiger partial charge in [0, 0.05) is 26.1 Å². The molecular formula is C11H21N3O5. The lowest BCUT2D eigenvalue weighted by molar-refractivity contribution is -0.142. The van der Waals surface area contributed by atoms with Crippen LogP contribution in [-0.4, -0.2) is 55.9 Å². The van der Waals surface area contributed by atoms with Crippen LogP contribution >= 0.6 is 0 Å². The molecule has 4 N–H and O–H groups in total. The van der Waals surface area contributed by atoms with Gasteiger partial charge in [-0.25, -0.2) is 9.59 Å². The Kier molecular flexibility index (Phi) is 10.2. The van der Waals surface area contributed by atoms with Crippen molar-refractivity contribution >= 4 is 17.9 Å². The zero-order chi connectivity index (χ0) is 14.5. The predicted molar refractivity (Wildman–Crippen MR) is 67.8 cm³/mol. The van der Waals surface area contributed by atoms with E-state index in [-0.39, 0.29) is 38.6 Å². The number of carbonyl (C=O) groups is 3. The zero-order valence-electron chi connectivity index (χ0n) is 11.0. The molecule has 0 saturated carbocycles. The van der Waals surface area contributed by atoms with E-state index in [1.54, 1.807) is 0 Å². The molecule has 0 aliphatic rings. The third kappa shape index (κ3) is 12.4. The first-order valence-electron chi connectivity index (χ1n) is 6.14. The third-order valence-electron chi connectivity index (χ3n) is 1.97. The van der Waals surface area contributed by atoms with Crippen molar-refractivity contribution in [3.05, 3.63) is 0 Å². The van der Waals surface area contributed by atoms with Gasteiger partial charge in [-0.1, -0.05) is 6.92 Å². The minimum Gasteiger partial charge on any atom is -0.480 e. The van der Waals surface area contributed by atoms with Gasteiger partial charge < -0.3 is 25.8 Å². The van der Waals surface area contributed by atoms with Crippen LogP contribution in [0, 0.1) is 0 Å². The Morgan fingerprint density at radius 1 is 1.05 bits per heavy atom. The molecule has 0 radical (unpaired) electrons. The molecule has 0 atom stereocenters. The van der Waals surface area contributed by atoms with Crippen molar-refractivity contribution in [1.29, 1.82) is 0 Å². The smallest absolute Gasteiger partial charge is 0.329 e. The average molecular weight is 275 g/mol. The molecule has 0 fully saturated rings. The molecule has 110 valence electrons. The largest absolute Gasteiger partial charge is 0.480 e. The molecule has 0 aromatic carbocycles. The Labute approximate surface area is 111 Å². The Morgan fingerprint density at radius 2 is 1.74 bits per heavy atom. The lowest BCUT2D eigenvalue weighted by atomic mass is 10.4. The number of amides is 3. The average Bonchev–Trinajstić information content (AvgIpc) is 2.35. The summed E-state index contributed by atoms with van der Waals surface area (Å²) in [6.07, 6.45) is 1.10. The highest BCUT2D eigenvalue weighted by Crippen LogP contribution is 1.79. The number of nitrogens with one attached hydrogen (secondary N) is 3. The zero-order valence-corrected chi connectivity index (χ0v) is 11.0. The van der Waals surface area contributed by atoms with E-state index in [2.05, 4.69) is 16.0 Å². The predicted octanol–water partition coefficient (Wildman–Crippen LogP) is -0.697. The van der Waals surface area contributed by atoms with Gasteiger partial charge in [-0.15, -0.1) is 0 Å². The highest BCUT2D eigenvalue weighted by atomic mass is 16.5. The van der Waals surface area contributed by atoms with E-state index in [1.165, 1.54) is 0 Å². The van der Waals surface area contributed by atoms with Gasteiger partial charge in [0.05, 0.1) is 6.61 Å². The number of urea groups is 1. The lowest BCUT2D eigenvalue weighted by Gasteiger charge is -2.07. The van der Waals surface area contributed by atoms with Crippen molar-refractivity contribution in [2.24, 2.45) is 0 Å². The highest BCUT2D eigenvalue weighted by molar-refractivity contribution is 5.78. The van der Waals surface area contributed by atoms with Crippen LogP contribution in [-0.2, 0) is 14.3 Å². The number of carbonyl (C=O) groups excluding carboxylic acids is 2. The Bertz CT molecular complexity index is 296. The fourth-order valence-electron chi connectivity index (χ4n) is 1.10. The van der Waals surface area contributed by atoms with Crippen molar-refractivity contribution in [3.8, 4) is 0 Å². The summed E-state index contributed by atoms with van der Waals surface area (Å²) in [4.78, 5) is 32.5. The van der Waals surface area contributed by atoms with Crippen LogP contribution in [0.4, 0.5) is 4.79 Å². The van der Waals surface area contributed by atoms with Crippen molar-refractivity contribution in [2.45, 2.75) is 19.8 Å². The van der Waals surface area contributed by atoms with Crippen LogP contribution in [0.3, 0.4) is 0 Å². The first-order chi connectivity index (χ1) is 9.06. The highest BCUT2D eigenvalue weighted by Gasteiger charge is 2.03. The van der Waals surface area contributed by atoms with E-state index < -0.39 is 12.0 Å². The van der Waals surface area contributed by atoms with Crippen LogP contribution in [0.5, 0.6) is 0 Å². The fourth-order valence-corrected chi connectivity index (χ4v) is 1.10. The summed E-state index contributed by atoms with van der Waals surface area (Å²) >= 11 is 0. The molecule has 3 amide bonds. The van der Waals surface area contributed by atoms with Gasteiger partial charge in [0.25, 0.3) is 0 Å². The molecule has 0 heterocycles. The van der Waals surface area contributed by atoms with Gasteiger partial charge in [0.2, 0.25) is 5.91 Å². The van der Waals surface area contributed by atoms with Gasteiger partial charge in [-0.05, 0) is 6.42 Å². The van der Waals surface area contributed by atoms with E-state index in [9.17, 15) is 14.4 Å². The molecular weight excluding hydrogens is 254 g/mol. The van der Waals surface area contributed by atoms with Crippen LogP contribution < -0.4 is 16.0 Å². The minimum atomic E-state index is -1.05. The number of carboxylic acids is 1. The van der Waals surface area contributed by atoms with Gasteiger partial charge >= 0.3 is 12.0 Å². The molecule has 8 nitrogen and oxygen atoms in total. The molecule has 0 saturated heterocycles. The van der Waals surface area contributed by atoms with Crippen molar-refractivity contribution in [1.82, 2.24) is 16.0 Å². The summed E-state index contributed by atoms with van der Waals surface area (Å²) < 4.78 is 4.73. The number of carboxylic acid groups (broad SMARTS) is 1. The second-order valence-electron chi connectivity index (χ2n) is 3.73. The molecule has 0 bridgehead atoms. The first-order valence-corrected chi connectivity index (χ1v) is 6.14. The van der Waals surface area contributed by atoms with E-state index in [4.69, 9.17) is 9.84 Å². The summed E-state index contributed by atoms with van der Waals surface area (Å²) in [5.74, 6) is -1.16. The van der Waals surface area contributed by atoms with Gasteiger partial charge in [0.1, 0.15) is 6.61 Å². The molecule has 19 heavy (non-hydrogen) atoms. The summed E-state index contributed by atoms with van der Waals surface area (Å²) in [6, 6.07) is -0.415. The van der Waals surface area contributed by atoms with E-state index in [0.29, 0.717) is 6.54 Å². The van der Waals surface area contributed by atoms with Crippen molar-refractivity contribution < 1.29 is 24.2 Å². The van der Waals surface area contributed by atoms with E-state index in [0.717, 1.165) is 6.42 Å². The molecule has 8 heteroatoms. The molecule has 0 unspecified atom stereocenters. The normalized spacial score (nSPS) is 9.74. The number of rotatable bonds is 10. The number of ether oxygens (including phenoxy) is 1. The standard InChI is InChI=1S/C11H21N3O5/c1-2-4-12-9(15)3-5-13-11(18)14-6-7-19-8-10(16)17/h2-8H2,1H3,(H,12,15)(H,16,17)(H2,13,14,18). The molecule has 0 spiro atoms. The summed E-state index contributed by atoms with van der Waals surface area (Å²) in [7, 11) is 0. The number of hydrogen-bond acceptors (Lipinski definition) is 4. The van der Waals surface area contributed by atoms with Gasteiger partial charge in [-0.2, -0.15) is 0 Å². The van der Waals surface area contributed by atoms with Crippen molar-refractivity contribution in [2.75, 3.05) is 32.8 Å². The molecule has 0 aromatic heterocycles. The van der Waals surface area contributed by atoms with E-state index >= 15 is 0 Å². The lowest BCUT2D eigenvalue weighted by Crippen LogP contribution is -2.39. The second-order valence-corrected chi connectivity index (χ2v) is 3.73. The number of aliphatic carboxylic acids is 1. The Morgan fingerprint density at radius 3 is 2.37 bits per heavy atom. The number of hydrogen-bond donors (Lipinski definition) is 4. The van der Waals surface area contributed by atoms with Crippen LogP contribution in [0.15, 0.2) is 0 Å². The monoisotopic (exact) mass is 275 g/mol. The van der Waals surface area contributed by atoms with Gasteiger partial charge in [-0.3, -0.25) is 4.79 Å². The quantitative estimate of drug-likeness (QED) is 0.393. The van der Waals surface area contributed by atoms with Crippen LogP contribution in [0.25, 0.3) is 0 Å². The summed E-state index contributed by atoms with van der Waals surface area (Å²) in [6.45, 7) is 2.78. The minimum absolute atomic E-state index is 0.105. The maximum Gasteiger partial charge on any atom is 0.329 e. The molecule has 0 aromatic rings. The molecule has 0 aliphatic carbocycles. The topological polar surface area (TPSA) is 117 Å². The Hall–Kier alpha value is -1.83.